The molecule has 1 heterocycles. The van der Waals surface area contributed by atoms with E-state index in [0.717, 1.165) is 0 Å². The van der Waals surface area contributed by atoms with E-state index in [4.69, 9.17) is 10.8 Å². The zero-order valence-electron chi connectivity index (χ0n) is 20.3. The Morgan fingerprint density at radius 3 is 2.25 bits per heavy atom. The SMILES string of the molecule is CC(C)C(N)C(=O)NC(CCC(=O)O)C(=O)N1CCCC1C(=O)NC(Cc1ccc(O)cc1)C(=O)O. The predicted octanol–water partition coefficient (Wildman–Crippen LogP) is -0.172. The van der Waals surface area contributed by atoms with Crippen molar-refractivity contribution in [2.45, 2.75) is 70.1 Å². The number of nitrogens with one attached hydrogen (secondary N) is 2. The maximum atomic E-state index is 13.3. The Morgan fingerprint density at radius 1 is 1.06 bits per heavy atom. The molecule has 2 rings (SSSR count). The zero-order valence-corrected chi connectivity index (χ0v) is 20.3. The topological polar surface area (TPSA) is 199 Å². The van der Waals surface area contributed by atoms with Gasteiger partial charge in [0.1, 0.15) is 23.9 Å². The fraction of sp³-hybridized carbons (Fsp3) is 0.542. The van der Waals surface area contributed by atoms with E-state index in [2.05, 4.69) is 10.6 Å². The Morgan fingerprint density at radius 2 is 1.69 bits per heavy atom. The van der Waals surface area contributed by atoms with Crippen LogP contribution in [0.2, 0.25) is 0 Å². The molecule has 1 aliphatic heterocycles. The van der Waals surface area contributed by atoms with Gasteiger partial charge in [-0.3, -0.25) is 19.2 Å². The highest BCUT2D eigenvalue weighted by molar-refractivity contribution is 5.94. The van der Waals surface area contributed by atoms with E-state index in [9.17, 15) is 34.2 Å². The van der Waals surface area contributed by atoms with E-state index >= 15 is 0 Å². The molecule has 7 N–H and O–H groups in total. The Hall–Kier alpha value is -3.67. The van der Waals surface area contributed by atoms with Gasteiger partial charge in [-0.25, -0.2) is 4.79 Å². The van der Waals surface area contributed by atoms with Crippen molar-refractivity contribution < 1.29 is 39.3 Å². The maximum Gasteiger partial charge on any atom is 0.326 e. The van der Waals surface area contributed by atoms with Gasteiger partial charge in [0.2, 0.25) is 17.7 Å². The molecule has 0 radical (unpaired) electrons. The minimum Gasteiger partial charge on any atom is -0.508 e. The molecular formula is C24H34N4O8. The molecule has 1 aromatic rings. The molecule has 1 saturated heterocycles. The van der Waals surface area contributed by atoms with Crippen LogP contribution in [0.15, 0.2) is 24.3 Å². The van der Waals surface area contributed by atoms with Crippen LogP contribution in [0.25, 0.3) is 0 Å². The third-order valence-electron chi connectivity index (χ3n) is 6.11. The number of hydrogen-bond donors (Lipinski definition) is 6. The lowest BCUT2D eigenvalue weighted by Gasteiger charge is -2.30. The first kappa shape index (κ1) is 28.6. The van der Waals surface area contributed by atoms with Gasteiger partial charge in [-0.05, 0) is 42.9 Å². The molecule has 12 nitrogen and oxygen atoms in total. The summed E-state index contributed by atoms with van der Waals surface area (Å²) >= 11 is 0. The second-order valence-electron chi connectivity index (χ2n) is 9.22. The summed E-state index contributed by atoms with van der Waals surface area (Å²) in [6.45, 7) is 3.66. The molecule has 36 heavy (non-hydrogen) atoms. The first-order valence-electron chi connectivity index (χ1n) is 11.8. The molecule has 4 atom stereocenters. The van der Waals surface area contributed by atoms with Gasteiger partial charge < -0.3 is 36.6 Å². The van der Waals surface area contributed by atoms with Crippen LogP contribution < -0.4 is 16.4 Å². The number of benzene rings is 1. The molecule has 0 aliphatic carbocycles. The lowest BCUT2D eigenvalue weighted by molar-refractivity contribution is -0.145. The smallest absolute Gasteiger partial charge is 0.326 e. The first-order valence-corrected chi connectivity index (χ1v) is 11.8. The molecule has 3 amide bonds. The summed E-state index contributed by atoms with van der Waals surface area (Å²) in [6, 6.07) is 1.56. The molecular weight excluding hydrogens is 472 g/mol. The fourth-order valence-corrected chi connectivity index (χ4v) is 3.93. The Balaban J connectivity index is 2.14. The van der Waals surface area contributed by atoms with E-state index in [1.807, 2.05) is 0 Å². The summed E-state index contributed by atoms with van der Waals surface area (Å²) in [5, 5.41) is 33.1. The number of phenolic OH excluding ortho intramolecular Hbond substituents is 1. The molecule has 1 aliphatic rings. The Bertz CT molecular complexity index is 965. The van der Waals surface area contributed by atoms with Crippen molar-refractivity contribution in [2.24, 2.45) is 11.7 Å². The number of aliphatic carboxylic acids is 2. The second-order valence-corrected chi connectivity index (χ2v) is 9.22. The van der Waals surface area contributed by atoms with Gasteiger partial charge in [-0.15, -0.1) is 0 Å². The van der Waals surface area contributed by atoms with Crippen molar-refractivity contribution >= 4 is 29.7 Å². The largest absolute Gasteiger partial charge is 0.508 e. The summed E-state index contributed by atoms with van der Waals surface area (Å²) in [5.74, 6) is -4.49. The van der Waals surface area contributed by atoms with Crippen LogP contribution in [0.3, 0.4) is 0 Å². The number of hydrogen-bond acceptors (Lipinski definition) is 7. The lowest BCUT2D eigenvalue weighted by Crippen LogP contribution is -2.57. The van der Waals surface area contributed by atoms with E-state index < -0.39 is 53.8 Å². The van der Waals surface area contributed by atoms with E-state index in [-0.39, 0.29) is 43.9 Å². The number of rotatable bonds is 12. The number of likely N-dealkylation sites (tertiary alicyclic amines) is 1. The molecule has 1 fully saturated rings. The van der Waals surface area contributed by atoms with Crippen LogP contribution in [0.4, 0.5) is 0 Å². The van der Waals surface area contributed by atoms with Gasteiger partial charge in [0, 0.05) is 19.4 Å². The van der Waals surface area contributed by atoms with Gasteiger partial charge in [-0.1, -0.05) is 26.0 Å². The highest BCUT2D eigenvalue weighted by atomic mass is 16.4. The number of carboxylic acids is 2. The standard InChI is InChI=1S/C24H34N4O8/c1-13(2)20(25)22(33)26-16(9-10-19(30)31)23(34)28-11-3-4-18(28)21(32)27-17(24(35)36)12-14-5-7-15(29)8-6-14/h5-8,13,16-18,20,29H,3-4,9-12,25H2,1-2H3,(H,26,33)(H,27,32)(H,30,31)(H,35,36). The number of nitrogens with two attached hydrogens (primary N) is 1. The molecule has 0 saturated carbocycles. The fourth-order valence-electron chi connectivity index (χ4n) is 3.93. The molecule has 1 aromatic carbocycles. The average Bonchev–Trinajstić information content (AvgIpc) is 3.31. The highest BCUT2D eigenvalue weighted by Gasteiger charge is 2.39. The van der Waals surface area contributed by atoms with Gasteiger partial charge in [0.25, 0.3) is 0 Å². The Labute approximate surface area is 208 Å². The highest BCUT2D eigenvalue weighted by Crippen LogP contribution is 2.21. The lowest BCUT2D eigenvalue weighted by atomic mass is 10.0. The van der Waals surface area contributed by atoms with Crippen molar-refractivity contribution in [1.29, 1.82) is 0 Å². The number of aromatic hydroxyl groups is 1. The normalized spacial score (nSPS) is 17.8. The van der Waals surface area contributed by atoms with Crippen molar-refractivity contribution in [3.05, 3.63) is 29.8 Å². The summed E-state index contributed by atoms with van der Waals surface area (Å²) in [4.78, 5) is 62.9. The van der Waals surface area contributed by atoms with Crippen LogP contribution in [-0.2, 0) is 30.4 Å². The quantitative estimate of drug-likeness (QED) is 0.223. The van der Waals surface area contributed by atoms with E-state index in [1.165, 1.54) is 17.0 Å². The van der Waals surface area contributed by atoms with Crippen LogP contribution in [0.5, 0.6) is 5.75 Å². The number of carbonyl (C=O) groups excluding carboxylic acids is 3. The number of amides is 3. The molecule has 0 aromatic heterocycles. The molecule has 0 spiro atoms. The number of carbonyl (C=O) groups is 5. The zero-order chi connectivity index (χ0) is 27.0. The maximum absolute atomic E-state index is 13.3. The number of nitrogens with zero attached hydrogens (tertiary/aromatic N) is 1. The van der Waals surface area contributed by atoms with Gasteiger partial charge >= 0.3 is 11.9 Å². The molecule has 4 unspecified atom stereocenters. The van der Waals surface area contributed by atoms with Gasteiger partial charge in [0.15, 0.2) is 0 Å². The monoisotopic (exact) mass is 506 g/mol. The minimum atomic E-state index is -1.27. The van der Waals surface area contributed by atoms with E-state index in [1.54, 1.807) is 26.0 Å². The van der Waals surface area contributed by atoms with Crippen molar-refractivity contribution in [3.63, 3.8) is 0 Å². The second kappa shape index (κ2) is 12.9. The first-order chi connectivity index (χ1) is 16.9. The molecule has 0 bridgehead atoms. The molecule has 198 valence electrons. The van der Waals surface area contributed by atoms with Crippen molar-refractivity contribution in [2.75, 3.05) is 6.54 Å². The van der Waals surface area contributed by atoms with Crippen LogP contribution in [0, 0.1) is 5.92 Å². The third-order valence-corrected chi connectivity index (χ3v) is 6.11. The van der Waals surface area contributed by atoms with Gasteiger partial charge in [0.05, 0.1) is 6.04 Å². The van der Waals surface area contributed by atoms with Crippen LogP contribution in [-0.4, -0.2) is 80.6 Å². The molecule has 12 heteroatoms. The third kappa shape index (κ3) is 7.94. The summed E-state index contributed by atoms with van der Waals surface area (Å²) < 4.78 is 0. The van der Waals surface area contributed by atoms with E-state index in [0.29, 0.717) is 12.0 Å². The van der Waals surface area contributed by atoms with Crippen molar-refractivity contribution in [1.82, 2.24) is 15.5 Å². The van der Waals surface area contributed by atoms with Crippen molar-refractivity contribution in [3.8, 4) is 5.75 Å². The summed E-state index contributed by atoms with van der Waals surface area (Å²) in [6.07, 6.45) is 0.158. The number of phenols is 1. The van der Waals surface area contributed by atoms with Gasteiger partial charge in [-0.2, -0.15) is 0 Å². The summed E-state index contributed by atoms with van der Waals surface area (Å²) in [5.41, 5.74) is 6.44. The van der Waals surface area contributed by atoms with Crippen LogP contribution >= 0.6 is 0 Å². The number of carboxylic acid groups (broad SMARTS) is 2. The minimum absolute atomic E-state index is 0.0219. The van der Waals surface area contributed by atoms with Crippen LogP contribution in [0.1, 0.15) is 45.1 Å². The average molecular weight is 507 g/mol. The Kier molecular flexibility index (Phi) is 10.2. The predicted molar refractivity (Wildman–Crippen MR) is 128 cm³/mol. The summed E-state index contributed by atoms with van der Waals surface area (Å²) in [7, 11) is 0.